The van der Waals surface area contributed by atoms with E-state index in [-0.39, 0.29) is 0 Å². The highest BCUT2D eigenvalue weighted by Gasteiger charge is 2.23. The normalized spacial score (nSPS) is 12.1. The van der Waals surface area contributed by atoms with Gasteiger partial charge in [0.15, 0.2) is 5.58 Å². The van der Waals surface area contributed by atoms with Crippen LogP contribution in [0.5, 0.6) is 0 Å². The van der Waals surface area contributed by atoms with E-state index in [9.17, 15) is 0 Å². The van der Waals surface area contributed by atoms with Gasteiger partial charge >= 0.3 is 0 Å². The lowest BCUT2D eigenvalue weighted by atomic mass is 9.97. The summed E-state index contributed by atoms with van der Waals surface area (Å²) in [5.74, 6) is 0. The number of furan rings is 2. The Morgan fingerprint density at radius 2 is 1.33 bits per heavy atom. The zero-order valence-corrected chi connectivity index (χ0v) is 20.8. The summed E-state index contributed by atoms with van der Waals surface area (Å²) in [6.45, 7) is 0. The maximum Gasteiger partial charge on any atom is 0.161 e. The molecule has 0 fully saturated rings. The number of rotatable bonds is 2. The summed E-state index contributed by atoms with van der Waals surface area (Å²) in [6.07, 6.45) is 3.72. The Morgan fingerprint density at radius 1 is 0.564 bits per heavy atom. The third-order valence-corrected chi connectivity index (χ3v) is 7.88. The van der Waals surface area contributed by atoms with Crippen molar-refractivity contribution in [1.82, 2.24) is 9.55 Å². The number of pyridine rings is 1. The van der Waals surface area contributed by atoms with E-state index in [1.807, 2.05) is 24.4 Å². The minimum atomic E-state index is 0.855. The highest BCUT2D eigenvalue weighted by atomic mass is 16.3. The SMILES string of the molecule is c1cncc(-c2cccc3oc4cc(-n5c6ccccc6c6oc7ccccc7c65)c5ccccc5c4c23)c1. The van der Waals surface area contributed by atoms with Crippen LogP contribution in [0.3, 0.4) is 0 Å². The second-order valence-corrected chi connectivity index (χ2v) is 9.97. The van der Waals surface area contributed by atoms with Crippen molar-refractivity contribution in [2.75, 3.05) is 0 Å². The van der Waals surface area contributed by atoms with Gasteiger partial charge in [-0.2, -0.15) is 0 Å². The number of benzene rings is 5. The monoisotopic (exact) mass is 500 g/mol. The molecule has 4 heterocycles. The number of fused-ring (bicyclic) bond motifs is 10. The summed E-state index contributed by atoms with van der Waals surface area (Å²) in [6, 6.07) is 37.9. The minimum Gasteiger partial charge on any atom is -0.456 e. The zero-order chi connectivity index (χ0) is 25.5. The summed E-state index contributed by atoms with van der Waals surface area (Å²) in [5, 5.41) is 6.72. The van der Waals surface area contributed by atoms with Gasteiger partial charge in [-0.05, 0) is 47.3 Å². The third kappa shape index (κ3) is 2.75. The molecule has 0 aliphatic carbocycles. The fraction of sp³-hybridized carbons (Fsp3) is 0. The molecule has 0 atom stereocenters. The lowest BCUT2D eigenvalue weighted by Gasteiger charge is -2.12. The van der Waals surface area contributed by atoms with Crippen LogP contribution in [0.2, 0.25) is 0 Å². The van der Waals surface area contributed by atoms with E-state index in [1.165, 1.54) is 0 Å². The van der Waals surface area contributed by atoms with Crippen molar-refractivity contribution < 1.29 is 8.83 Å². The van der Waals surface area contributed by atoms with Gasteiger partial charge in [0, 0.05) is 51.0 Å². The van der Waals surface area contributed by atoms with E-state index in [2.05, 4.69) is 101 Å². The van der Waals surface area contributed by atoms with E-state index < -0.39 is 0 Å². The van der Waals surface area contributed by atoms with Crippen molar-refractivity contribution >= 4 is 65.7 Å². The Kier molecular flexibility index (Phi) is 4.02. The van der Waals surface area contributed by atoms with Crippen molar-refractivity contribution in [3.05, 3.63) is 122 Å². The summed E-state index contributed by atoms with van der Waals surface area (Å²) >= 11 is 0. The number of hydrogen-bond donors (Lipinski definition) is 0. The van der Waals surface area contributed by atoms with Gasteiger partial charge in [0.25, 0.3) is 0 Å². The van der Waals surface area contributed by atoms with Crippen molar-refractivity contribution in [1.29, 1.82) is 0 Å². The largest absolute Gasteiger partial charge is 0.456 e. The van der Waals surface area contributed by atoms with Gasteiger partial charge in [-0.1, -0.05) is 66.7 Å². The van der Waals surface area contributed by atoms with Crippen molar-refractivity contribution in [2.24, 2.45) is 0 Å². The van der Waals surface area contributed by atoms with Crippen LogP contribution >= 0.6 is 0 Å². The second kappa shape index (κ2) is 7.59. The van der Waals surface area contributed by atoms with Crippen LogP contribution in [-0.4, -0.2) is 9.55 Å². The molecule has 0 aliphatic heterocycles. The molecule has 0 spiro atoms. The molecule has 9 aromatic rings. The first-order chi connectivity index (χ1) is 19.4. The number of hydrogen-bond acceptors (Lipinski definition) is 3. The second-order valence-electron chi connectivity index (χ2n) is 9.97. The lowest BCUT2D eigenvalue weighted by molar-refractivity contribution is 0.669. The number of nitrogens with zero attached hydrogens (tertiary/aromatic N) is 2. The molecular weight excluding hydrogens is 480 g/mol. The Bertz CT molecular complexity index is 2380. The summed E-state index contributed by atoms with van der Waals surface area (Å²) in [7, 11) is 0. The molecule has 0 N–H and O–H groups in total. The van der Waals surface area contributed by atoms with Crippen LogP contribution in [0.25, 0.3) is 82.5 Å². The smallest absolute Gasteiger partial charge is 0.161 e. The van der Waals surface area contributed by atoms with Crippen LogP contribution in [0.1, 0.15) is 0 Å². The topological polar surface area (TPSA) is 44.1 Å². The molecule has 182 valence electrons. The maximum atomic E-state index is 6.60. The van der Waals surface area contributed by atoms with Crippen LogP contribution in [0.4, 0.5) is 0 Å². The first-order valence-electron chi connectivity index (χ1n) is 13.1. The Morgan fingerprint density at radius 3 is 2.21 bits per heavy atom. The van der Waals surface area contributed by atoms with E-state index in [0.717, 1.165) is 82.5 Å². The van der Waals surface area contributed by atoms with Crippen LogP contribution < -0.4 is 0 Å². The average Bonchev–Trinajstić information content (AvgIpc) is 3.66. The molecule has 9 rings (SSSR count). The number of aromatic nitrogens is 2. The van der Waals surface area contributed by atoms with Gasteiger partial charge < -0.3 is 13.4 Å². The quantitative estimate of drug-likeness (QED) is 0.237. The van der Waals surface area contributed by atoms with E-state index in [1.54, 1.807) is 6.20 Å². The lowest BCUT2D eigenvalue weighted by Crippen LogP contribution is -1.95. The average molecular weight is 501 g/mol. The molecule has 4 heteroatoms. The van der Waals surface area contributed by atoms with Crippen molar-refractivity contribution in [3.63, 3.8) is 0 Å². The first-order valence-corrected chi connectivity index (χ1v) is 13.1. The van der Waals surface area contributed by atoms with E-state index in [4.69, 9.17) is 8.83 Å². The van der Waals surface area contributed by atoms with Gasteiger partial charge in [0.05, 0.1) is 11.2 Å². The van der Waals surface area contributed by atoms with Crippen LogP contribution in [0.15, 0.2) is 130 Å². The highest BCUT2D eigenvalue weighted by Crippen LogP contribution is 2.45. The molecule has 0 aliphatic rings. The predicted octanol–water partition coefficient (Wildman–Crippen LogP) is 9.64. The molecule has 0 unspecified atom stereocenters. The van der Waals surface area contributed by atoms with Crippen molar-refractivity contribution in [3.8, 4) is 16.8 Å². The molecule has 0 saturated carbocycles. The zero-order valence-electron chi connectivity index (χ0n) is 20.8. The third-order valence-electron chi connectivity index (χ3n) is 7.88. The summed E-state index contributed by atoms with van der Waals surface area (Å²) in [4.78, 5) is 4.38. The molecule has 39 heavy (non-hydrogen) atoms. The Hall–Kier alpha value is -5.35. The molecular formula is C35H20N2O2. The Labute approximate surface area is 222 Å². The maximum absolute atomic E-state index is 6.60. The predicted molar refractivity (Wildman–Crippen MR) is 159 cm³/mol. The Balaban J connectivity index is 1.48. The first kappa shape index (κ1) is 20.7. The van der Waals surface area contributed by atoms with Crippen molar-refractivity contribution in [2.45, 2.75) is 0 Å². The summed E-state index contributed by atoms with van der Waals surface area (Å²) in [5.41, 5.74) is 8.94. The standard InChI is InChI=1S/C35H20N2O2/c1-2-11-24-23(10-1)28(19-31-33(24)32-22(14-7-17-30(32)38-31)21-9-8-18-36-20-21)37-27-15-5-3-12-25(27)35-34(37)26-13-4-6-16-29(26)39-35/h1-20H. The number of para-hydroxylation sites is 2. The van der Waals surface area contributed by atoms with Crippen LogP contribution in [-0.2, 0) is 0 Å². The molecule has 0 saturated heterocycles. The van der Waals surface area contributed by atoms with Gasteiger partial charge in [0.1, 0.15) is 22.3 Å². The molecule has 0 radical (unpaired) electrons. The highest BCUT2D eigenvalue weighted by molar-refractivity contribution is 6.25. The van der Waals surface area contributed by atoms with E-state index >= 15 is 0 Å². The van der Waals surface area contributed by atoms with Crippen LogP contribution in [0, 0.1) is 0 Å². The van der Waals surface area contributed by atoms with Gasteiger partial charge in [0.2, 0.25) is 0 Å². The molecule has 5 aromatic carbocycles. The fourth-order valence-corrected chi connectivity index (χ4v) is 6.28. The molecule has 4 aromatic heterocycles. The summed E-state index contributed by atoms with van der Waals surface area (Å²) < 4.78 is 15.4. The molecule has 0 bridgehead atoms. The van der Waals surface area contributed by atoms with Gasteiger partial charge in [-0.15, -0.1) is 0 Å². The van der Waals surface area contributed by atoms with E-state index in [0.29, 0.717) is 0 Å². The van der Waals surface area contributed by atoms with Gasteiger partial charge in [-0.25, -0.2) is 0 Å². The minimum absolute atomic E-state index is 0.855. The molecule has 0 amide bonds. The van der Waals surface area contributed by atoms with Gasteiger partial charge in [-0.3, -0.25) is 4.98 Å². The fourth-order valence-electron chi connectivity index (χ4n) is 6.28. The molecule has 4 nitrogen and oxygen atoms in total.